The zero-order chi connectivity index (χ0) is 20.5. The average molecular weight is 385 g/mol. The van der Waals surface area contributed by atoms with Crippen LogP contribution < -0.4 is 0 Å². The Balaban J connectivity index is 1.75. The van der Waals surface area contributed by atoms with Gasteiger partial charge in [-0.05, 0) is 80.3 Å². The lowest BCUT2D eigenvalue weighted by Crippen LogP contribution is -2.58. The molecule has 0 aliphatic heterocycles. The molecule has 4 aliphatic carbocycles. The van der Waals surface area contributed by atoms with Crippen molar-refractivity contribution in [1.29, 1.82) is 0 Å². The lowest BCUT2D eigenvalue weighted by Gasteiger charge is -2.59. The van der Waals surface area contributed by atoms with Gasteiger partial charge in [0, 0.05) is 18.8 Å². The minimum Gasteiger partial charge on any atom is -0.451 e. The summed E-state index contributed by atoms with van der Waals surface area (Å²) in [6.45, 7) is 11.8. The van der Waals surface area contributed by atoms with Crippen LogP contribution in [0.3, 0.4) is 0 Å². The van der Waals surface area contributed by atoms with Crippen molar-refractivity contribution in [2.24, 2.45) is 28.6 Å². The zero-order valence-electron chi connectivity index (χ0n) is 17.6. The standard InChI is InChI=1S/C24H32O4/c1-14-12-18-19(22(4)9-6-17(27)13-21(14)22)7-10-23(5)20(18)8-11-24(23,15(2)25)28-16(3)26/h13,18-20H,1,6-12H2,2-5H3/t18?,19?,20?,22-,23+,24+/m1/s1. The van der Waals surface area contributed by atoms with E-state index in [1.165, 1.54) is 12.5 Å². The SMILES string of the molecule is C=C1CC2C(CC[C@@]3(C)C2CC[C@]3(OC(C)=O)C(C)=O)[C@@]2(C)CCC(=O)C=C12. The number of hydrogen-bond donors (Lipinski definition) is 0. The first kappa shape index (κ1) is 19.6. The number of fused-ring (bicyclic) bond motifs is 5. The Kier molecular flexibility index (Phi) is 4.30. The molecule has 3 fully saturated rings. The van der Waals surface area contributed by atoms with Gasteiger partial charge in [0.2, 0.25) is 0 Å². The van der Waals surface area contributed by atoms with E-state index < -0.39 is 5.60 Å². The third-order valence-electron chi connectivity index (χ3n) is 8.94. The monoisotopic (exact) mass is 384 g/mol. The van der Waals surface area contributed by atoms with Crippen LogP contribution in [0.15, 0.2) is 23.8 Å². The summed E-state index contributed by atoms with van der Waals surface area (Å²) >= 11 is 0. The summed E-state index contributed by atoms with van der Waals surface area (Å²) in [6, 6.07) is 0. The van der Waals surface area contributed by atoms with Crippen molar-refractivity contribution in [2.45, 2.75) is 78.2 Å². The molecular formula is C24H32O4. The lowest BCUT2D eigenvalue weighted by atomic mass is 9.45. The maximum Gasteiger partial charge on any atom is 0.303 e. The molecule has 4 heteroatoms. The Bertz CT molecular complexity index is 807. The Morgan fingerprint density at radius 3 is 2.43 bits per heavy atom. The second-order valence-corrected chi connectivity index (χ2v) is 10.1. The molecule has 0 aromatic rings. The van der Waals surface area contributed by atoms with Crippen LogP contribution in [0.4, 0.5) is 0 Å². The predicted molar refractivity (Wildman–Crippen MR) is 106 cm³/mol. The second-order valence-electron chi connectivity index (χ2n) is 10.1. The van der Waals surface area contributed by atoms with Crippen LogP contribution in [-0.2, 0) is 19.1 Å². The van der Waals surface area contributed by atoms with Crippen LogP contribution in [0.5, 0.6) is 0 Å². The molecule has 4 rings (SSSR count). The molecule has 4 nitrogen and oxygen atoms in total. The first-order valence-electron chi connectivity index (χ1n) is 10.7. The van der Waals surface area contributed by atoms with Crippen molar-refractivity contribution in [1.82, 2.24) is 0 Å². The molecular weight excluding hydrogens is 352 g/mol. The smallest absolute Gasteiger partial charge is 0.303 e. The summed E-state index contributed by atoms with van der Waals surface area (Å²) in [5.74, 6) is 1.10. The van der Waals surface area contributed by atoms with E-state index in [0.717, 1.165) is 37.7 Å². The molecule has 3 saturated carbocycles. The third kappa shape index (κ3) is 2.39. The van der Waals surface area contributed by atoms with Gasteiger partial charge >= 0.3 is 5.97 Å². The molecule has 4 aliphatic rings. The Morgan fingerprint density at radius 1 is 1.11 bits per heavy atom. The summed E-state index contributed by atoms with van der Waals surface area (Å²) in [4.78, 5) is 36.7. The van der Waals surface area contributed by atoms with Gasteiger partial charge in [-0.15, -0.1) is 0 Å². The number of ether oxygens (including phenoxy) is 1. The van der Waals surface area contributed by atoms with Crippen molar-refractivity contribution < 1.29 is 19.1 Å². The highest BCUT2D eigenvalue weighted by molar-refractivity contribution is 5.92. The van der Waals surface area contributed by atoms with Gasteiger partial charge in [0.25, 0.3) is 0 Å². The van der Waals surface area contributed by atoms with E-state index in [1.54, 1.807) is 6.92 Å². The van der Waals surface area contributed by atoms with E-state index >= 15 is 0 Å². The first-order valence-corrected chi connectivity index (χ1v) is 10.7. The van der Waals surface area contributed by atoms with Crippen molar-refractivity contribution in [3.8, 4) is 0 Å². The third-order valence-corrected chi connectivity index (χ3v) is 8.94. The minimum atomic E-state index is -0.991. The van der Waals surface area contributed by atoms with Gasteiger partial charge in [0.05, 0.1) is 0 Å². The quantitative estimate of drug-likeness (QED) is 0.654. The van der Waals surface area contributed by atoms with Crippen LogP contribution in [0, 0.1) is 28.6 Å². The normalized spacial score (nSPS) is 44.9. The number of ketones is 2. The molecule has 0 aromatic carbocycles. The first-order chi connectivity index (χ1) is 13.0. The number of hydrogen-bond acceptors (Lipinski definition) is 4. The van der Waals surface area contributed by atoms with Gasteiger partial charge in [-0.25, -0.2) is 0 Å². The fourth-order valence-electron chi connectivity index (χ4n) is 7.63. The summed E-state index contributed by atoms with van der Waals surface area (Å²) in [5.41, 5.74) is 0.944. The van der Waals surface area contributed by atoms with E-state index in [9.17, 15) is 14.4 Å². The van der Waals surface area contributed by atoms with Gasteiger partial charge in [0.15, 0.2) is 17.2 Å². The zero-order valence-corrected chi connectivity index (χ0v) is 17.6. The predicted octanol–water partition coefficient (Wildman–Crippen LogP) is 4.58. The molecule has 0 aromatic heterocycles. The van der Waals surface area contributed by atoms with Gasteiger partial charge in [-0.2, -0.15) is 0 Å². The van der Waals surface area contributed by atoms with E-state index in [2.05, 4.69) is 20.4 Å². The van der Waals surface area contributed by atoms with Crippen LogP contribution >= 0.6 is 0 Å². The number of carbonyl (C=O) groups excluding carboxylic acids is 3. The van der Waals surface area contributed by atoms with Crippen molar-refractivity contribution in [2.75, 3.05) is 0 Å². The van der Waals surface area contributed by atoms with E-state index in [4.69, 9.17) is 4.74 Å². The van der Waals surface area contributed by atoms with Gasteiger partial charge < -0.3 is 4.74 Å². The van der Waals surface area contributed by atoms with Crippen molar-refractivity contribution in [3.05, 3.63) is 23.8 Å². The maximum atomic E-state index is 12.8. The molecule has 152 valence electrons. The Hall–Kier alpha value is -1.71. The molecule has 0 radical (unpaired) electrons. The number of Topliss-reactive ketones (excluding diaryl/α,β-unsaturated/α-hetero) is 1. The van der Waals surface area contributed by atoms with Crippen LogP contribution in [0.1, 0.15) is 72.6 Å². The van der Waals surface area contributed by atoms with Crippen molar-refractivity contribution in [3.63, 3.8) is 0 Å². The second kappa shape index (κ2) is 6.14. The molecule has 0 saturated heterocycles. The molecule has 0 spiro atoms. The van der Waals surface area contributed by atoms with Crippen LogP contribution in [0.25, 0.3) is 0 Å². The molecule has 0 N–H and O–H groups in total. The van der Waals surface area contributed by atoms with Gasteiger partial charge in [-0.3, -0.25) is 14.4 Å². The van der Waals surface area contributed by atoms with E-state index in [0.29, 0.717) is 30.6 Å². The molecule has 3 unspecified atom stereocenters. The highest BCUT2D eigenvalue weighted by atomic mass is 16.6. The van der Waals surface area contributed by atoms with Gasteiger partial charge in [0.1, 0.15) is 0 Å². The van der Waals surface area contributed by atoms with Crippen molar-refractivity contribution >= 4 is 17.5 Å². The topological polar surface area (TPSA) is 60.4 Å². The summed E-state index contributed by atoms with van der Waals surface area (Å²) < 4.78 is 5.82. The highest BCUT2D eigenvalue weighted by Gasteiger charge is 2.68. The molecule has 0 amide bonds. The molecule has 0 heterocycles. The fourth-order valence-corrected chi connectivity index (χ4v) is 7.63. The number of allylic oxidation sites excluding steroid dienone is 2. The van der Waals surface area contributed by atoms with E-state index in [1.807, 2.05) is 6.08 Å². The Morgan fingerprint density at radius 2 is 1.79 bits per heavy atom. The maximum absolute atomic E-state index is 12.8. The Labute approximate surface area is 167 Å². The largest absolute Gasteiger partial charge is 0.451 e. The number of esters is 1. The summed E-state index contributed by atoms with van der Waals surface area (Å²) in [5, 5.41) is 0. The molecule has 6 atom stereocenters. The van der Waals surface area contributed by atoms with Gasteiger partial charge in [-0.1, -0.05) is 26.0 Å². The number of rotatable bonds is 2. The summed E-state index contributed by atoms with van der Waals surface area (Å²) in [7, 11) is 0. The number of carbonyl (C=O) groups is 3. The average Bonchev–Trinajstić information content (AvgIpc) is 2.90. The summed E-state index contributed by atoms with van der Waals surface area (Å²) in [6.07, 6.45) is 7.66. The minimum absolute atomic E-state index is 0.00184. The molecule has 0 bridgehead atoms. The highest BCUT2D eigenvalue weighted by Crippen LogP contribution is 2.68. The van der Waals surface area contributed by atoms with Crippen LogP contribution in [-0.4, -0.2) is 23.1 Å². The van der Waals surface area contributed by atoms with E-state index in [-0.39, 0.29) is 28.4 Å². The lowest BCUT2D eigenvalue weighted by molar-refractivity contribution is -0.186. The molecule has 28 heavy (non-hydrogen) atoms. The van der Waals surface area contributed by atoms with Crippen LogP contribution in [0.2, 0.25) is 0 Å². The fraction of sp³-hybridized carbons (Fsp3) is 0.708.